The van der Waals surface area contributed by atoms with Crippen LogP contribution in [-0.2, 0) is 11.3 Å². The van der Waals surface area contributed by atoms with Crippen LogP contribution >= 0.6 is 11.6 Å². The molecule has 5 nitrogen and oxygen atoms in total. The van der Waals surface area contributed by atoms with Gasteiger partial charge in [0.2, 0.25) is 5.88 Å². The fourth-order valence-corrected chi connectivity index (χ4v) is 1.83. The quantitative estimate of drug-likeness (QED) is 0.877. The van der Waals surface area contributed by atoms with E-state index in [1.54, 1.807) is 12.1 Å². The Bertz CT molecular complexity index is 632. The van der Waals surface area contributed by atoms with Crippen molar-refractivity contribution >= 4 is 23.3 Å². The van der Waals surface area contributed by atoms with E-state index in [2.05, 4.69) is 9.72 Å². The normalized spacial score (nSPS) is 10.1. The predicted octanol–water partition coefficient (Wildman–Crippen LogP) is 2.68. The third-order valence-electron chi connectivity index (χ3n) is 2.54. The second-order valence-electron chi connectivity index (χ2n) is 4.03. The molecule has 2 aromatic rings. The Kier molecular flexibility index (Phi) is 4.42. The van der Waals surface area contributed by atoms with Crippen molar-refractivity contribution in [1.82, 2.24) is 4.98 Å². The number of nitrogen functional groups attached to an aromatic ring is 1. The van der Waals surface area contributed by atoms with Gasteiger partial charge >= 0.3 is 5.97 Å². The number of nitrogens with zero attached hydrogens (tertiary/aromatic N) is 1. The summed E-state index contributed by atoms with van der Waals surface area (Å²) in [6.45, 7) is 0.238. The van der Waals surface area contributed by atoms with E-state index in [9.17, 15) is 4.79 Å². The molecule has 0 amide bonds. The number of carbonyl (C=O) groups excluding carboxylic acids is 1. The summed E-state index contributed by atoms with van der Waals surface area (Å²) in [5.74, 6) is -0.378. The SMILES string of the molecule is COC(=O)c1cc(N)cnc1OCc1cccc(Cl)c1. The van der Waals surface area contributed by atoms with Gasteiger partial charge in [0.1, 0.15) is 12.2 Å². The topological polar surface area (TPSA) is 74.4 Å². The third kappa shape index (κ3) is 3.39. The Labute approximate surface area is 121 Å². The zero-order chi connectivity index (χ0) is 14.5. The van der Waals surface area contributed by atoms with Crippen molar-refractivity contribution in [2.75, 3.05) is 12.8 Å². The molecule has 0 spiro atoms. The van der Waals surface area contributed by atoms with Crippen LogP contribution in [0.2, 0.25) is 5.02 Å². The van der Waals surface area contributed by atoms with Crippen LogP contribution in [0.15, 0.2) is 36.5 Å². The molecular weight excluding hydrogens is 280 g/mol. The maximum atomic E-state index is 11.6. The summed E-state index contributed by atoms with van der Waals surface area (Å²) in [5.41, 5.74) is 7.02. The number of rotatable bonds is 4. The number of carbonyl (C=O) groups is 1. The molecule has 20 heavy (non-hydrogen) atoms. The molecule has 1 aromatic heterocycles. The second kappa shape index (κ2) is 6.25. The molecule has 2 rings (SSSR count). The number of ether oxygens (including phenoxy) is 2. The van der Waals surface area contributed by atoms with Crippen LogP contribution in [0.25, 0.3) is 0 Å². The number of esters is 1. The van der Waals surface area contributed by atoms with Crippen molar-refractivity contribution in [2.24, 2.45) is 0 Å². The summed E-state index contributed by atoms with van der Waals surface area (Å²) in [6.07, 6.45) is 1.42. The lowest BCUT2D eigenvalue weighted by Crippen LogP contribution is -2.08. The highest BCUT2D eigenvalue weighted by Crippen LogP contribution is 2.20. The van der Waals surface area contributed by atoms with Crippen molar-refractivity contribution < 1.29 is 14.3 Å². The molecule has 0 saturated heterocycles. The lowest BCUT2D eigenvalue weighted by molar-refractivity contribution is 0.0594. The van der Waals surface area contributed by atoms with Gasteiger partial charge in [-0.3, -0.25) is 0 Å². The highest BCUT2D eigenvalue weighted by atomic mass is 35.5. The highest BCUT2D eigenvalue weighted by molar-refractivity contribution is 6.30. The van der Waals surface area contributed by atoms with Crippen LogP contribution in [-0.4, -0.2) is 18.1 Å². The second-order valence-corrected chi connectivity index (χ2v) is 4.47. The van der Waals surface area contributed by atoms with Crippen LogP contribution in [0.3, 0.4) is 0 Å². The molecule has 0 fully saturated rings. The minimum atomic E-state index is -0.550. The molecular formula is C14H13ClN2O3. The van der Waals surface area contributed by atoms with Crippen molar-refractivity contribution in [1.29, 1.82) is 0 Å². The van der Waals surface area contributed by atoms with E-state index in [0.29, 0.717) is 10.7 Å². The molecule has 0 radical (unpaired) electrons. The number of hydrogen-bond donors (Lipinski definition) is 1. The minimum Gasteiger partial charge on any atom is -0.472 e. The van der Waals surface area contributed by atoms with E-state index in [1.165, 1.54) is 19.4 Å². The van der Waals surface area contributed by atoms with Gasteiger partial charge in [-0.1, -0.05) is 23.7 Å². The summed E-state index contributed by atoms with van der Waals surface area (Å²) in [4.78, 5) is 15.6. The molecule has 6 heteroatoms. The summed E-state index contributed by atoms with van der Waals surface area (Å²) >= 11 is 5.89. The molecule has 2 N–H and O–H groups in total. The molecule has 0 atom stereocenters. The zero-order valence-electron chi connectivity index (χ0n) is 10.8. The van der Waals surface area contributed by atoms with Gasteiger partial charge in [0.15, 0.2) is 0 Å². The average Bonchev–Trinajstić information content (AvgIpc) is 2.45. The van der Waals surface area contributed by atoms with Gasteiger partial charge in [0.05, 0.1) is 19.0 Å². The van der Waals surface area contributed by atoms with E-state index in [1.807, 2.05) is 12.1 Å². The van der Waals surface area contributed by atoms with Gasteiger partial charge in [0, 0.05) is 5.02 Å². The molecule has 0 bridgehead atoms. The number of hydrogen-bond acceptors (Lipinski definition) is 5. The minimum absolute atomic E-state index is 0.172. The number of halogens is 1. The zero-order valence-corrected chi connectivity index (χ0v) is 11.6. The maximum absolute atomic E-state index is 11.6. The van der Waals surface area contributed by atoms with Gasteiger partial charge in [-0.05, 0) is 23.8 Å². The van der Waals surface area contributed by atoms with Gasteiger partial charge in [0.25, 0.3) is 0 Å². The van der Waals surface area contributed by atoms with E-state index in [-0.39, 0.29) is 18.1 Å². The van der Waals surface area contributed by atoms with Crippen molar-refractivity contribution in [2.45, 2.75) is 6.61 Å². The smallest absolute Gasteiger partial charge is 0.343 e. The summed E-state index contributed by atoms with van der Waals surface area (Å²) in [6, 6.07) is 8.69. The highest BCUT2D eigenvalue weighted by Gasteiger charge is 2.15. The fourth-order valence-electron chi connectivity index (χ4n) is 1.62. The van der Waals surface area contributed by atoms with Crippen molar-refractivity contribution in [3.8, 4) is 5.88 Å². The lowest BCUT2D eigenvalue weighted by Gasteiger charge is -2.10. The fraction of sp³-hybridized carbons (Fsp3) is 0.143. The molecule has 0 unspecified atom stereocenters. The number of nitrogens with two attached hydrogens (primary N) is 1. The lowest BCUT2D eigenvalue weighted by atomic mass is 10.2. The first-order valence-corrected chi connectivity index (χ1v) is 6.19. The molecule has 104 valence electrons. The standard InChI is InChI=1S/C14H13ClN2O3/c1-19-14(18)12-6-11(16)7-17-13(12)20-8-9-3-2-4-10(15)5-9/h2-7H,8,16H2,1H3. The number of anilines is 1. The first-order valence-electron chi connectivity index (χ1n) is 5.81. The van der Waals surface area contributed by atoms with Crippen molar-refractivity contribution in [3.05, 3.63) is 52.7 Å². The molecule has 0 aliphatic heterocycles. The van der Waals surface area contributed by atoms with Crippen LogP contribution in [0, 0.1) is 0 Å². The Balaban J connectivity index is 2.19. The number of methoxy groups -OCH3 is 1. The number of pyridine rings is 1. The Morgan fingerprint density at radius 2 is 2.20 bits per heavy atom. The van der Waals surface area contributed by atoms with Gasteiger partial charge in [-0.15, -0.1) is 0 Å². The van der Waals surface area contributed by atoms with Gasteiger partial charge in [-0.2, -0.15) is 0 Å². The third-order valence-corrected chi connectivity index (χ3v) is 2.78. The van der Waals surface area contributed by atoms with Gasteiger partial charge < -0.3 is 15.2 Å². The van der Waals surface area contributed by atoms with E-state index < -0.39 is 5.97 Å². The Hall–Kier alpha value is -2.27. The monoisotopic (exact) mass is 292 g/mol. The summed E-state index contributed by atoms with van der Waals surface area (Å²) in [7, 11) is 1.28. The summed E-state index contributed by atoms with van der Waals surface area (Å²) < 4.78 is 10.2. The number of aromatic nitrogens is 1. The molecule has 0 aliphatic carbocycles. The first-order chi connectivity index (χ1) is 9.60. The number of benzene rings is 1. The molecule has 1 aromatic carbocycles. The molecule has 0 saturated carbocycles. The van der Waals surface area contributed by atoms with Crippen molar-refractivity contribution in [3.63, 3.8) is 0 Å². The van der Waals surface area contributed by atoms with E-state index in [0.717, 1.165) is 5.56 Å². The van der Waals surface area contributed by atoms with Crippen LogP contribution in [0.5, 0.6) is 5.88 Å². The largest absolute Gasteiger partial charge is 0.472 e. The Morgan fingerprint density at radius 3 is 2.90 bits per heavy atom. The van der Waals surface area contributed by atoms with Crippen LogP contribution < -0.4 is 10.5 Å². The predicted molar refractivity (Wildman–Crippen MR) is 75.8 cm³/mol. The Morgan fingerprint density at radius 1 is 1.40 bits per heavy atom. The first kappa shape index (κ1) is 14.1. The van der Waals surface area contributed by atoms with E-state index >= 15 is 0 Å². The average molecular weight is 293 g/mol. The van der Waals surface area contributed by atoms with Crippen LogP contribution in [0.1, 0.15) is 15.9 Å². The summed E-state index contributed by atoms with van der Waals surface area (Å²) in [5, 5.41) is 0.615. The molecule has 1 heterocycles. The maximum Gasteiger partial charge on any atom is 0.343 e. The van der Waals surface area contributed by atoms with Crippen LogP contribution in [0.4, 0.5) is 5.69 Å². The molecule has 0 aliphatic rings. The van der Waals surface area contributed by atoms with Gasteiger partial charge in [-0.25, -0.2) is 9.78 Å². The van der Waals surface area contributed by atoms with E-state index in [4.69, 9.17) is 22.1 Å².